The number of likely N-dealkylation sites (tertiary alicyclic amines) is 1. The molecule has 0 saturated carbocycles. The monoisotopic (exact) mass is 383 g/mol. The summed E-state index contributed by atoms with van der Waals surface area (Å²) in [5.74, 6) is 1.44. The number of nitrogens with zero attached hydrogens (tertiary/aromatic N) is 5. The molecule has 4 rings (SSSR count). The Morgan fingerprint density at radius 1 is 1.22 bits per heavy atom. The van der Waals surface area contributed by atoms with E-state index < -0.39 is 0 Å². The average molecular weight is 384 g/mol. The average Bonchev–Trinajstić information content (AvgIpc) is 3.09. The number of pyridine rings is 1. The zero-order valence-corrected chi connectivity index (χ0v) is 15.9. The van der Waals surface area contributed by atoms with Crippen molar-refractivity contribution in [1.29, 1.82) is 0 Å². The van der Waals surface area contributed by atoms with Gasteiger partial charge in [0, 0.05) is 24.5 Å². The normalized spacial score (nSPS) is 17.8. The molecule has 3 aromatic heterocycles. The standard InChI is InChI=1S/C19H22ClN7/c1-13-8-18(26-25-13)24-19-11-21-10-16(23-19)17-4-2-3-7-27(17)12-15-6-5-14(20)9-22-15/h5-6,8-11,17H,2-4,7,12H2,1H3,(H2,23,24,25,26). The van der Waals surface area contributed by atoms with E-state index in [-0.39, 0.29) is 6.04 Å². The van der Waals surface area contributed by atoms with Crippen molar-refractivity contribution in [2.75, 3.05) is 11.9 Å². The molecule has 0 spiro atoms. The molecule has 1 aliphatic heterocycles. The van der Waals surface area contributed by atoms with E-state index in [4.69, 9.17) is 16.6 Å². The zero-order valence-electron chi connectivity index (χ0n) is 15.2. The highest BCUT2D eigenvalue weighted by molar-refractivity contribution is 6.30. The highest BCUT2D eigenvalue weighted by Crippen LogP contribution is 2.31. The Bertz CT molecular complexity index is 893. The summed E-state index contributed by atoms with van der Waals surface area (Å²) in [5.41, 5.74) is 2.98. The van der Waals surface area contributed by atoms with Crippen molar-refractivity contribution in [3.63, 3.8) is 0 Å². The molecule has 0 aliphatic carbocycles. The highest BCUT2D eigenvalue weighted by atomic mass is 35.5. The van der Waals surface area contributed by atoms with Crippen LogP contribution in [-0.2, 0) is 6.54 Å². The van der Waals surface area contributed by atoms with E-state index in [2.05, 4.69) is 30.4 Å². The van der Waals surface area contributed by atoms with Crippen LogP contribution < -0.4 is 5.32 Å². The second-order valence-electron chi connectivity index (χ2n) is 6.84. The summed E-state index contributed by atoms with van der Waals surface area (Å²) in [5, 5.41) is 11.0. The molecule has 0 radical (unpaired) electrons. The third-order valence-electron chi connectivity index (χ3n) is 4.72. The minimum Gasteiger partial charge on any atom is -0.322 e. The van der Waals surface area contributed by atoms with Gasteiger partial charge in [-0.1, -0.05) is 18.0 Å². The molecule has 0 amide bonds. The fourth-order valence-electron chi connectivity index (χ4n) is 3.44. The van der Waals surface area contributed by atoms with Gasteiger partial charge in [0.25, 0.3) is 0 Å². The smallest absolute Gasteiger partial charge is 0.153 e. The predicted molar refractivity (Wildman–Crippen MR) is 105 cm³/mol. The van der Waals surface area contributed by atoms with Crippen molar-refractivity contribution in [3.05, 3.63) is 58.9 Å². The highest BCUT2D eigenvalue weighted by Gasteiger charge is 2.26. The summed E-state index contributed by atoms with van der Waals surface area (Å²) in [7, 11) is 0. The summed E-state index contributed by atoms with van der Waals surface area (Å²) < 4.78 is 0. The first-order chi connectivity index (χ1) is 13.2. The summed E-state index contributed by atoms with van der Waals surface area (Å²) in [6.07, 6.45) is 8.72. The zero-order chi connectivity index (χ0) is 18.6. The number of aromatic nitrogens is 5. The van der Waals surface area contributed by atoms with Crippen molar-refractivity contribution in [2.45, 2.75) is 38.8 Å². The number of aromatic amines is 1. The topological polar surface area (TPSA) is 82.6 Å². The van der Waals surface area contributed by atoms with Gasteiger partial charge in [-0.25, -0.2) is 4.98 Å². The van der Waals surface area contributed by atoms with E-state index in [1.165, 1.54) is 12.8 Å². The molecule has 4 heterocycles. The first-order valence-corrected chi connectivity index (χ1v) is 9.50. The second-order valence-corrected chi connectivity index (χ2v) is 7.28. The van der Waals surface area contributed by atoms with Gasteiger partial charge in [-0.05, 0) is 38.4 Å². The van der Waals surface area contributed by atoms with Gasteiger partial charge in [0.05, 0.1) is 34.8 Å². The van der Waals surface area contributed by atoms with Crippen molar-refractivity contribution < 1.29 is 0 Å². The molecule has 140 valence electrons. The lowest BCUT2D eigenvalue weighted by atomic mass is 9.99. The first-order valence-electron chi connectivity index (χ1n) is 9.13. The van der Waals surface area contributed by atoms with Crippen LogP contribution in [0.25, 0.3) is 0 Å². The molecule has 1 saturated heterocycles. The molecule has 1 unspecified atom stereocenters. The number of hydrogen-bond acceptors (Lipinski definition) is 6. The van der Waals surface area contributed by atoms with Crippen LogP contribution in [0.2, 0.25) is 5.02 Å². The lowest BCUT2D eigenvalue weighted by Crippen LogP contribution is -2.33. The molecule has 27 heavy (non-hydrogen) atoms. The number of piperidine rings is 1. The number of halogens is 1. The third-order valence-corrected chi connectivity index (χ3v) is 4.95. The fourth-order valence-corrected chi connectivity index (χ4v) is 3.55. The summed E-state index contributed by atoms with van der Waals surface area (Å²) in [6, 6.07) is 6.04. The summed E-state index contributed by atoms with van der Waals surface area (Å²) in [4.78, 5) is 16.1. The molecule has 7 nitrogen and oxygen atoms in total. The lowest BCUT2D eigenvalue weighted by Gasteiger charge is -2.35. The Morgan fingerprint density at radius 3 is 2.93 bits per heavy atom. The second kappa shape index (κ2) is 8.02. The van der Waals surface area contributed by atoms with Crippen molar-refractivity contribution >= 4 is 23.2 Å². The van der Waals surface area contributed by atoms with Crippen LogP contribution >= 0.6 is 11.6 Å². The third kappa shape index (κ3) is 4.43. The van der Waals surface area contributed by atoms with Gasteiger partial charge in [-0.15, -0.1) is 0 Å². The molecule has 1 aliphatic rings. The van der Waals surface area contributed by atoms with Gasteiger partial charge >= 0.3 is 0 Å². The summed E-state index contributed by atoms with van der Waals surface area (Å²) in [6.45, 7) is 3.76. The predicted octanol–water partition coefficient (Wildman–Crippen LogP) is 4.03. The largest absolute Gasteiger partial charge is 0.322 e. The molecule has 1 fully saturated rings. The van der Waals surface area contributed by atoms with Crippen LogP contribution in [-0.4, -0.2) is 36.6 Å². The minimum absolute atomic E-state index is 0.228. The Labute approximate surface area is 163 Å². The van der Waals surface area contributed by atoms with E-state index in [0.717, 1.165) is 42.4 Å². The van der Waals surface area contributed by atoms with Crippen molar-refractivity contribution in [1.82, 2.24) is 30.0 Å². The number of hydrogen-bond donors (Lipinski definition) is 2. The van der Waals surface area contributed by atoms with Crippen molar-refractivity contribution in [2.24, 2.45) is 0 Å². The van der Waals surface area contributed by atoms with Crippen LogP contribution in [0.4, 0.5) is 11.6 Å². The van der Waals surface area contributed by atoms with Crippen LogP contribution in [0.3, 0.4) is 0 Å². The van der Waals surface area contributed by atoms with E-state index in [1.54, 1.807) is 12.4 Å². The van der Waals surface area contributed by atoms with E-state index in [0.29, 0.717) is 10.8 Å². The molecule has 3 aromatic rings. The van der Waals surface area contributed by atoms with Gasteiger partial charge in [0.15, 0.2) is 5.82 Å². The first kappa shape index (κ1) is 17.9. The fraction of sp³-hybridized carbons (Fsp3) is 0.368. The number of anilines is 2. The minimum atomic E-state index is 0.228. The molecule has 1 atom stereocenters. The van der Waals surface area contributed by atoms with Gasteiger partial charge < -0.3 is 5.32 Å². The number of H-pyrrole nitrogens is 1. The molecular formula is C19H22ClN7. The van der Waals surface area contributed by atoms with Gasteiger partial charge in [-0.3, -0.25) is 20.0 Å². The lowest BCUT2D eigenvalue weighted by molar-refractivity contribution is 0.135. The van der Waals surface area contributed by atoms with Crippen LogP contribution in [0, 0.1) is 6.92 Å². The Hall–Kier alpha value is -2.51. The number of rotatable bonds is 5. The number of nitrogens with one attached hydrogen (secondary N) is 2. The SMILES string of the molecule is Cc1cc(Nc2cncc(C3CCCCN3Cc3ccc(Cl)cn3)n2)n[nH]1. The Balaban J connectivity index is 1.52. The molecule has 8 heteroatoms. The number of aryl methyl sites for hydroxylation is 1. The van der Waals surface area contributed by atoms with Gasteiger partial charge in [0.1, 0.15) is 5.82 Å². The van der Waals surface area contributed by atoms with E-state index in [1.807, 2.05) is 31.3 Å². The summed E-state index contributed by atoms with van der Waals surface area (Å²) >= 11 is 5.96. The quantitative estimate of drug-likeness (QED) is 0.692. The van der Waals surface area contributed by atoms with Gasteiger partial charge in [0.2, 0.25) is 0 Å². The molecular weight excluding hydrogens is 362 g/mol. The molecule has 0 bridgehead atoms. The maximum Gasteiger partial charge on any atom is 0.153 e. The maximum atomic E-state index is 5.96. The Morgan fingerprint density at radius 2 is 2.15 bits per heavy atom. The van der Waals surface area contributed by atoms with Crippen molar-refractivity contribution in [3.8, 4) is 0 Å². The van der Waals surface area contributed by atoms with Gasteiger partial charge in [-0.2, -0.15) is 5.10 Å². The van der Waals surface area contributed by atoms with Crippen LogP contribution in [0.15, 0.2) is 36.8 Å². The maximum absolute atomic E-state index is 5.96. The Kier molecular flexibility index (Phi) is 5.31. The van der Waals surface area contributed by atoms with E-state index in [9.17, 15) is 0 Å². The van der Waals surface area contributed by atoms with E-state index >= 15 is 0 Å². The molecule has 2 N–H and O–H groups in total. The van der Waals surface area contributed by atoms with Crippen LogP contribution in [0.1, 0.15) is 42.4 Å². The molecule has 0 aromatic carbocycles. The van der Waals surface area contributed by atoms with Crippen LogP contribution in [0.5, 0.6) is 0 Å².